The summed E-state index contributed by atoms with van der Waals surface area (Å²) in [5, 5.41) is 0. The summed E-state index contributed by atoms with van der Waals surface area (Å²) < 4.78 is 0. The molecule has 0 unspecified atom stereocenters. The third-order valence-corrected chi connectivity index (χ3v) is 2.15. The molecule has 62 valence electrons. The number of halogens is 1. The predicted molar refractivity (Wildman–Crippen MR) is 49.8 cm³/mol. The predicted octanol–water partition coefficient (Wildman–Crippen LogP) is 2.39. The minimum Gasteiger partial charge on any atom is -0.296 e. The van der Waals surface area contributed by atoms with Crippen LogP contribution in [0.3, 0.4) is 0 Å². The van der Waals surface area contributed by atoms with E-state index in [2.05, 4.69) is 17.9 Å². The largest absolute Gasteiger partial charge is 0.296 e. The van der Waals surface area contributed by atoms with Crippen molar-refractivity contribution in [2.75, 3.05) is 19.6 Å². The van der Waals surface area contributed by atoms with Gasteiger partial charge >= 0.3 is 0 Å². The van der Waals surface area contributed by atoms with E-state index in [1.165, 1.54) is 18.5 Å². The molecule has 0 spiro atoms. The molecule has 1 aliphatic heterocycles. The summed E-state index contributed by atoms with van der Waals surface area (Å²) in [7, 11) is 0. The highest BCUT2D eigenvalue weighted by molar-refractivity contribution is 6.25. The fraction of sp³-hybridized carbons (Fsp3) is 0.556. The number of hydrogen-bond acceptors (Lipinski definition) is 1. The Kier molecular flexibility index (Phi) is 3.67. The van der Waals surface area contributed by atoms with Gasteiger partial charge in [0.25, 0.3) is 0 Å². The summed E-state index contributed by atoms with van der Waals surface area (Å²) >= 11 is 5.43. The SMILES string of the molecule is CC1=CCN(C/C=C/Cl)CC1. The average Bonchev–Trinajstić information content (AvgIpc) is 2.04. The highest BCUT2D eigenvalue weighted by Gasteiger charge is 2.06. The van der Waals surface area contributed by atoms with Crippen LogP contribution in [0.2, 0.25) is 0 Å². The Morgan fingerprint density at radius 3 is 3.09 bits per heavy atom. The van der Waals surface area contributed by atoms with E-state index < -0.39 is 0 Å². The topological polar surface area (TPSA) is 3.24 Å². The monoisotopic (exact) mass is 171 g/mol. The summed E-state index contributed by atoms with van der Waals surface area (Å²) in [5.41, 5.74) is 3.10. The Labute approximate surface area is 73.3 Å². The van der Waals surface area contributed by atoms with Crippen molar-refractivity contribution in [2.45, 2.75) is 13.3 Å². The summed E-state index contributed by atoms with van der Waals surface area (Å²) in [4.78, 5) is 2.37. The smallest absolute Gasteiger partial charge is 0.0178 e. The molecule has 0 saturated heterocycles. The molecule has 1 heterocycles. The molecule has 0 radical (unpaired) electrons. The lowest BCUT2D eigenvalue weighted by molar-refractivity contribution is 0.325. The van der Waals surface area contributed by atoms with Gasteiger partial charge in [-0.2, -0.15) is 0 Å². The second kappa shape index (κ2) is 4.58. The summed E-state index contributed by atoms with van der Waals surface area (Å²) in [6, 6.07) is 0. The van der Waals surface area contributed by atoms with Crippen molar-refractivity contribution in [1.82, 2.24) is 4.90 Å². The van der Waals surface area contributed by atoms with Crippen LogP contribution in [0.4, 0.5) is 0 Å². The van der Waals surface area contributed by atoms with Crippen molar-refractivity contribution in [3.8, 4) is 0 Å². The van der Waals surface area contributed by atoms with Gasteiger partial charge in [-0.1, -0.05) is 29.3 Å². The zero-order valence-corrected chi connectivity index (χ0v) is 7.64. The van der Waals surface area contributed by atoms with Gasteiger partial charge in [0, 0.05) is 25.2 Å². The van der Waals surface area contributed by atoms with Crippen molar-refractivity contribution in [1.29, 1.82) is 0 Å². The molecule has 0 aromatic carbocycles. The maximum atomic E-state index is 5.43. The van der Waals surface area contributed by atoms with Gasteiger partial charge in [0.1, 0.15) is 0 Å². The van der Waals surface area contributed by atoms with Crippen LogP contribution >= 0.6 is 11.6 Å². The lowest BCUT2D eigenvalue weighted by atomic mass is 10.1. The first-order valence-electron chi connectivity index (χ1n) is 3.96. The van der Waals surface area contributed by atoms with E-state index in [1.807, 2.05) is 6.08 Å². The van der Waals surface area contributed by atoms with Gasteiger partial charge in [-0.25, -0.2) is 0 Å². The van der Waals surface area contributed by atoms with E-state index in [0.717, 1.165) is 13.1 Å². The van der Waals surface area contributed by atoms with Crippen LogP contribution in [-0.2, 0) is 0 Å². The molecule has 1 aliphatic rings. The second-order valence-electron chi connectivity index (χ2n) is 2.92. The molecule has 2 heteroatoms. The van der Waals surface area contributed by atoms with Gasteiger partial charge < -0.3 is 0 Å². The second-order valence-corrected chi connectivity index (χ2v) is 3.17. The van der Waals surface area contributed by atoms with Crippen molar-refractivity contribution in [2.24, 2.45) is 0 Å². The van der Waals surface area contributed by atoms with Crippen LogP contribution in [0, 0.1) is 0 Å². The van der Waals surface area contributed by atoms with Crippen molar-refractivity contribution in [3.05, 3.63) is 23.3 Å². The van der Waals surface area contributed by atoms with Crippen LogP contribution in [0.5, 0.6) is 0 Å². The highest BCUT2D eigenvalue weighted by Crippen LogP contribution is 2.08. The van der Waals surface area contributed by atoms with E-state index in [9.17, 15) is 0 Å². The number of hydrogen-bond donors (Lipinski definition) is 0. The van der Waals surface area contributed by atoms with E-state index in [1.54, 1.807) is 5.54 Å². The first kappa shape index (κ1) is 8.82. The highest BCUT2D eigenvalue weighted by atomic mass is 35.5. The first-order valence-corrected chi connectivity index (χ1v) is 4.40. The fourth-order valence-electron chi connectivity index (χ4n) is 1.17. The van der Waals surface area contributed by atoms with Gasteiger partial charge in [0.05, 0.1) is 0 Å². The molecule has 0 atom stereocenters. The third kappa shape index (κ3) is 3.08. The van der Waals surface area contributed by atoms with Crippen LogP contribution < -0.4 is 0 Å². The molecule has 0 saturated carbocycles. The normalized spacial score (nSPS) is 20.7. The van der Waals surface area contributed by atoms with Gasteiger partial charge in [-0.05, 0) is 13.3 Å². The van der Waals surface area contributed by atoms with Crippen molar-refractivity contribution in [3.63, 3.8) is 0 Å². The quantitative estimate of drug-likeness (QED) is 0.577. The Morgan fingerprint density at radius 2 is 2.55 bits per heavy atom. The number of rotatable bonds is 2. The number of nitrogens with zero attached hydrogens (tertiary/aromatic N) is 1. The first-order chi connectivity index (χ1) is 5.33. The van der Waals surface area contributed by atoms with Crippen LogP contribution in [-0.4, -0.2) is 24.5 Å². The lowest BCUT2D eigenvalue weighted by Gasteiger charge is -2.23. The Bertz CT molecular complexity index is 172. The molecule has 0 aromatic rings. The van der Waals surface area contributed by atoms with Crippen LogP contribution in [0.25, 0.3) is 0 Å². The lowest BCUT2D eigenvalue weighted by Crippen LogP contribution is -2.28. The molecule has 0 amide bonds. The Balaban J connectivity index is 2.29. The summed E-state index contributed by atoms with van der Waals surface area (Å²) in [5.74, 6) is 0. The standard InChI is InChI=1S/C9H14ClN/c1-9-3-7-11(8-4-9)6-2-5-10/h2-3,5H,4,6-8H2,1H3/b5-2+. The molecular formula is C9H14ClN. The van der Waals surface area contributed by atoms with Crippen LogP contribution in [0.15, 0.2) is 23.3 Å². The molecule has 1 nitrogen and oxygen atoms in total. The molecular weight excluding hydrogens is 158 g/mol. The van der Waals surface area contributed by atoms with Gasteiger partial charge in [0.2, 0.25) is 0 Å². The molecule has 1 rings (SSSR count). The molecule has 0 aliphatic carbocycles. The van der Waals surface area contributed by atoms with Gasteiger partial charge in [-0.15, -0.1) is 0 Å². The Hall–Kier alpha value is -0.270. The molecule has 11 heavy (non-hydrogen) atoms. The molecule has 0 bridgehead atoms. The summed E-state index contributed by atoms with van der Waals surface area (Å²) in [6.45, 7) is 5.42. The zero-order chi connectivity index (χ0) is 8.10. The van der Waals surface area contributed by atoms with Gasteiger partial charge in [0.15, 0.2) is 0 Å². The third-order valence-electron chi connectivity index (χ3n) is 1.97. The molecule has 0 N–H and O–H groups in total. The van der Waals surface area contributed by atoms with E-state index in [0.29, 0.717) is 0 Å². The molecule has 0 fully saturated rings. The van der Waals surface area contributed by atoms with Gasteiger partial charge in [-0.3, -0.25) is 4.90 Å². The average molecular weight is 172 g/mol. The minimum absolute atomic E-state index is 0.979. The minimum atomic E-state index is 0.979. The van der Waals surface area contributed by atoms with E-state index in [4.69, 9.17) is 11.6 Å². The molecule has 0 aromatic heterocycles. The zero-order valence-electron chi connectivity index (χ0n) is 6.89. The fourth-order valence-corrected chi connectivity index (χ4v) is 1.25. The van der Waals surface area contributed by atoms with Crippen molar-refractivity contribution >= 4 is 11.6 Å². The van der Waals surface area contributed by atoms with Crippen LogP contribution in [0.1, 0.15) is 13.3 Å². The maximum Gasteiger partial charge on any atom is 0.0178 e. The summed E-state index contributed by atoms with van der Waals surface area (Å²) in [6.07, 6.45) is 5.47. The van der Waals surface area contributed by atoms with Crippen molar-refractivity contribution < 1.29 is 0 Å². The Morgan fingerprint density at radius 1 is 1.73 bits per heavy atom. The van der Waals surface area contributed by atoms with E-state index >= 15 is 0 Å². The maximum absolute atomic E-state index is 5.43. The van der Waals surface area contributed by atoms with E-state index in [-0.39, 0.29) is 0 Å².